The molecule has 0 N–H and O–H groups in total. The molecular formula is C40H42B10N2OS. The van der Waals surface area contributed by atoms with E-state index in [9.17, 15) is 0 Å². The molecule has 1 aliphatic rings. The zero-order valence-electron chi connectivity index (χ0n) is 33.9. The fraction of sp³-hybridized carbons (Fsp3) is 0.0500. The van der Waals surface area contributed by atoms with Gasteiger partial charge in [-0.1, -0.05) is 80.1 Å². The Labute approximate surface area is 331 Å². The second-order valence-electron chi connectivity index (χ2n) is 15.7. The largest absolute Gasteiger partial charge is 0.455 e. The summed E-state index contributed by atoms with van der Waals surface area (Å²) in [6.45, 7) is 0. The van der Waals surface area contributed by atoms with Crippen molar-refractivity contribution < 1.29 is 4.42 Å². The van der Waals surface area contributed by atoms with Crippen molar-refractivity contribution in [1.82, 2.24) is 0 Å². The highest BCUT2D eigenvalue weighted by Gasteiger charge is 2.38. The molecular weight excluding hydrogens is 665 g/mol. The monoisotopic (exact) mass is 708 g/mol. The molecule has 1 aromatic heterocycles. The van der Waals surface area contributed by atoms with Crippen molar-refractivity contribution in [1.29, 1.82) is 0 Å². The van der Waals surface area contributed by atoms with Gasteiger partial charge in [-0.05, 0) is 67.1 Å². The van der Waals surface area contributed by atoms with Gasteiger partial charge in [0.25, 0.3) is 0 Å². The van der Waals surface area contributed by atoms with Crippen molar-refractivity contribution in [2.75, 3.05) is 22.3 Å². The first-order valence-electron chi connectivity index (χ1n) is 19.0. The van der Waals surface area contributed by atoms with E-state index in [1.165, 1.54) is 86.7 Å². The molecule has 3 nitrogen and oxygen atoms in total. The lowest BCUT2D eigenvalue weighted by atomic mass is 9.61. The summed E-state index contributed by atoms with van der Waals surface area (Å²) < 4.78 is 7.09. The number of fused-ring (bicyclic) bond motifs is 5. The van der Waals surface area contributed by atoms with Crippen LogP contribution in [0.5, 0.6) is 0 Å². The summed E-state index contributed by atoms with van der Waals surface area (Å²) in [5, 5.41) is 1.21. The summed E-state index contributed by atoms with van der Waals surface area (Å²) >= 11 is 0. The predicted molar refractivity (Wildman–Crippen MR) is 269 cm³/mol. The van der Waals surface area contributed by atoms with E-state index in [0.29, 0.717) is 0 Å². The molecule has 254 valence electrons. The molecule has 0 spiro atoms. The maximum Gasteiger partial charge on any atom is 0.148 e. The highest BCUT2D eigenvalue weighted by Crippen LogP contribution is 2.70. The number of rotatable bonds is 6. The number of benzene rings is 6. The van der Waals surface area contributed by atoms with Crippen molar-refractivity contribution in [3.8, 4) is 11.3 Å². The number of furan rings is 1. The number of para-hydroxylation sites is 2. The molecule has 2 heterocycles. The first-order chi connectivity index (χ1) is 25.7. The van der Waals surface area contributed by atoms with Crippen LogP contribution in [0.4, 0.5) is 34.1 Å². The predicted octanol–water partition coefficient (Wildman–Crippen LogP) is -5.58. The minimum Gasteiger partial charge on any atom is -0.455 e. The van der Waals surface area contributed by atoms with Gasteiger partial charge in [0.15, 0.2) is 0 Å². The van der Waals surface area contributed by atoms with Gasteiger partial charge in [0.1, 0.15) is 89.8 Å². The van der Waals surface area contributed by atoms with Gasteiger partial charge < -0.3 is 14.2 Å². The van der Waals surface area contributed by atoms with Crippen LogP contribution in [0.15, 0.2) is 111 Å². The maximum absolute atomic E-state index is 7.09. The van der Waals surface area contributed by atoms with Crippen molar-refractivity contribution in [2.24, 2.45) is 0 Å². The van der Waals surface area contributed by atoms with Gasteiger partial charge in [-0.25, -0.2) is 0 Å². The fourth-order valence-corrected chi connectivity index (χ4v) is 11.5. The first kappa shape index (κ1) is 36.4. The molecule has 0 saturated heterocycles. The average Bonchev–Trinajstić information content (AvgIpc) is 3.67. The highest BCUT2D eigenvalue weighted by atomic mass is 32.3. The van der Waals surface area contributed by atoms with E-state index < -0.39 is 10.0 Å². The summed E-state index contributed by atoms with van der Waals surface area (Å²) in [6.07, 6.45) is 4.86. The van der Waals surface area contributed by atoms with Crippen LogP contribution in [0, 0.1) is 0 Å². The second-order valence-corrected chi connectivity index (χ2v) is 19.2. The van der Waals surface area contributed by atoms with Gasteiger partial charge in [0.2, 0.25) is 0 Å². The van der Waals surface area contributed by atoms with Crippen molar-refractivity contribution in [3.63, 3.8) is 0 Å². The molecule has 8 rings (SSSR count). The van der Waals surface area contributed by atoms with Crippen LogP contribution in [0.2, 0.25) is 0 Å². The summed E-state index contributed by atoms with van der Waals surface area (Å²) in [5.74, 6) is 1.01. The smallest absolute Gasteiger partial charge is 0.148 e. The highest BCUT2D eigenvalue weighted by molar-refractivity contribution is 8.33. The third-order valence-corrected chi connectivity index (χ3v) is 15.7. The lowest BCUT2D eigenvalue weighted by molar-refractivity contribution is 0.625. The van der Waals surface area contributed by atoms with E-state index >= 15 is 0 Å². The van der Waals surface area contributed by atoms with Crippen molar-refractivity contribution in [3.05, 3.63) is 97.1 Å². The van der Waals surface area contributed by atoms with E-state index in [-0.39, 0.29) is 0 Å². The van der Waals surface area contributed by atoms with Crippen LogP contribution in [-0.2, 0) is 0 Å². The molecule has 0 aliphatic carbocycles. The Morgan fingerprint density at radius 2 is 0.852 bits per heavy atom. The van der Waals surface area contributed by atoms with E-state index in [2.05, 4.69) is 198 Å². The summed E-state index contributed by atoms with van der Waals surface area (Å²) in [6, 6.07) is 35.5. The van der Waals surface area contributed by atoms with Gasteiger partial charge in [-0.15, -0.1) is 10.9 Å². The summed E-state index contributed by atoms with van der Waals surface area (Å²) in [5.41, 5.74) is 22.5. The average molecular weight is 707 g/mol. The molecule has 7 aromatic rings. The van der Waals surface area contributed by atoms with Gasteiger partial charge in [-0.3, -0.25) is 0 Å². The summed E-state index contributed by atoms with van der Waals surface area (Å²) in [7, 11) is 21.3. The van der Waals surface area contributed by atoms with Gasteiger partial charge in [0.05, 0.1) is 0 Å². The van der Waals surface area contributed by atoms with Crippen molar-refractivity contribution in [2.45, 2.75) is 9.79 Å². The molecule has 1 aliphatic heterocycles. The minimum atomic E-state index is -1.35. The molecule has 0 amide bonds. The lowest BCUT2D eigenvalue weighted by Crippen LogP contribution is -2.56. The van der Waals surface area contributed by atoms with Gasteiger partial charge in [-0.2, -0.15) is 10.0 Å². The quantitative estimate of drug-likeness (QED) is 0.161. The second kappa shape index (κ2) is 13.3. The molecule has 14 heteroatoms. The lowest BCUT2D eigenvalue weighted by Gasteiger charge is -2.33. The molecule has 54 heavy (non-hydrogen) atoms. The Morgan fingerprint density at radius 3 is 1.31 bits per heavy atom. The Kier molecular flexibility index (Phi) is 9.00. The fourth-order valence-electron chi connectivity index (χ4n) is 8.87. The SMILES string of the molecule is Bc1c(B)c(B)c(N(c2ccccc2)c2ccc3c(c2)-c2oc4cc(N(c5ccccc5)c5c(B)c(B)c(B)c(B)c5B)ccc4c2S3(C)C)c(B)c1B. The van der Waals surface area contributed by atoms with Crippen LogP contribution in [0.3, 0.4) is 0 Å². The molecule has 0 unspecified atom stereocenters. The molecule has 6 aromatic carbocycles. The van der Waals surface area contributed by atoms with Crippen LogP contribution < -0.4 is 64.4 Å². The third kappa shape index (κ3) is 5.42. The molecule has 0 fully saturated rings. The zero-order valence-corrected chi connectivity index (χ0v) is 34.8. The Balaban J connectivity index is 1.33. The molecule has 0 bridgehead atoms. The number of hydrogen-bond acceptors (Lipinski definition) is 3. The molecule has 0 atom stereocenters. The topological polar surface area (TPSA) is 19.6 Å². The third-order valence-electron chi connectivity index (χ3n) is 12.8. The van der Waals surface area contributed by atoms with E-state index in [0.717, 1.165) is 34.1 Å². The molecule has 0 saturated carbocycles. The first-order valence-corrected chi connectivity index (χ1v) is 21.5. The van der Waals surface area contributed by atoms with Gasteiger partial charge >= 0.3 is 0 Å². The van der Waals surface area contributed by atoms with E-state index in [1.807, 2.05) is 0 Å². The summed E-state index contributed by atoms with van der Waals surface area (Å²) in [4.78, 5) is 7.61. The van der Waals surface area contributed by atoms with Crippen molar-refractivity contribution >= 4 is 188 Å². The van der Waals surface area contributed by atoms with Crippen LogP contribution >= 0.6 is 10.0 Å². The Bertz CT molecular complexity index is 2610. The Morgan fingerprint density at radius 1 is 0.444 bits per heavy atom. The normalized spacial score (nSPS) is 13.4. The van der Waals surface area contributed by atoms with E-state index in [1.54, 1.807) is 0 Å². The van der Waals surface area contributed by atoms with Crippen LogP contribution in [0.25, 0.3) is 22.3 Å². The van der Waals surface area contributed by atoms with Crippen LogP contribution in [-0.4, -0.2) is 91.0 Å². The molecule has 0 radical (unpaired) electrons. The number of hydrogen-bond donors (Lipinski definition) is 0. The standard InChI is InChI=1S/C40H42B10N2OS/c1-54(2)26-16-14-21(51(19-9-5-3-6-10-19)37-33(47)29(43)27(41)30(44)34(37)48)17-24(26)39-40(54)23-15-13-22(18-25(23)53-39)52(20-11-7-4-8-12-20)38-35(49)31(45)28(42)32(46)36(38)50/h3-18H,41-50H2,1-2H3. The number of anilines is 6. The number of nitrogens with zero attached hydrogens (tertiary/aromatic N) is 2. The van der Waals surface area contributed by atoms with Gasteiger partial charge in [0, 0.05) is 60.9 Å². The van der Waals surface area contributed by atoms with E-state index in [4.69, 9.17) is 4.42 Å². The Hall–Kier alpha value is -4.54. The maximum atomic E-state index is 7.09. The van der Waals surface area contributed by atoms with Crippen LogP contribution in [0.1, 0.15) is 0 Å². The zero-order chi connectivity index (χ0) is 38.4. The minimum absolute atomic E-state index is 0.933.